The standard InChI is InChI=1S/C14H22N4OS/c1-20-12-7-3-2-6-11(12)17-9-10-5-4-8-16-13(10)14(15)18-19/h4-5,8,11-12,17,19H,2-3,6-7,9H2,1H3,(H2,15,18). The largest absolute Gasteiger partial charge is 0.409 e. The Morgan fingerprint density at radius 3 is 3.10 bits per heavy atom. The van der Waals surface area contributed by atoms with Crippen molar-refractivity contribution in [3.8, 4) is 0 Å². The van der Waals surface area contributed by atoms with Crippen LogP contribution in [0.5, 0.6) is 0 Å². The number of pyridine rings is 1. The molecule has 1 heterocycles. The minimum Gasteiger partial charge on any atom is -0.409 e. The van der Waals surface area contributed by atoms with Crippen LogP contribution in [0.4, 0.5) is 0 Å². The van der Waals surface area contributed by atoms with Gasteiger partial charge >= 0.3 is 0 Å². The molecular weight excluding hydrogens is 272 g/mol. The van der Waals surface area contributed by atoms with Crippen LogP contribution in [0.3, 0.4) is 0 Å². The lowest BCUT2D eigenvalue weighted by molar-refractivity contribution is 0.318. The van der Waals surface area contributed by atoms with Gasteiger partial charge in [-0.1, -0.05) is 24.1 Å². The van der Waals surface area contributed by atoms with Crippen LogP contribution in [0, 0.1) is 0 Å². The maximum absolute atomic E-state index is 8.81. The van der Waals surface area contributed by atoms with E-state index in [-0.39, 0.29) is 5.84 Å². The second-order valence-electron chi connectivity index (χ2n) is 5.04. The van der Waals surface area contributed by atoms with Crippen molar-refractivity contribution in [1.29, 1.82) is 0 Å². The Morgan fingerprint density at radius 2 is 2.35 bits per heavy atom. The minimum absolute atomic E-state index is 0.0625. The maximum atomic E-state index is 8.81. The minimum atomic E-state index is 0.0625. The Kier molecular flexibility index (Phi) is 5.67. The lowest BCUT2D eigenvalue weighted by Crippen LogP contribution is -2.40. The first-order valence-electron chi connectivity index (χ1n) is 6.94. The van der Waals surface area contributed by atoms with Crippen LogP contribution < -0.4 is 11.1 Å². The molecule has 110 valence electrons. The molecule has 2 unspecified atom stereocenters. The van der Waals surface area contributed by atoms with E-state index in [4.69, 9.17) is 10.9 Å². The third-order valence-electron chi connectivity index (χ3n) is 3.80. The van der Waals surface area contributed by atoms with Gasteiger partial charge in [-0.3, -0.25) is 4.98 Å². The maximum Gasteiger partial charge on any atom is 0.189 e. The van der Waals surface area contributed by atoms with Gasteiger partial charge in [-0.15, -0.1) is 0 Å². The van der Waals surface area contributed by atoms with Crippen molar-refractivity contribution in [3.05, 3.63) is 29.6 Å². The summed E-state index contributed by atoms with van der Waals surface area (Å²) in [6, 6.07) is 4.36. The van der Waals surface area contributed by atoms with Gasteiger partial charge in [0.25, 0.3) is 0 Å². The molecule has 1 aromatic rings. The van der Waals surface area contributed by atoms with Crippen LogP contribution in [-0.4, -0.2) is 33.6 Å². The molecule has 1 saturated carbocycles. The first-order valence-corrected chi connectivity index (χ1v) is 8.23. The summed E-state index contributed by atoms with van der Waals surface area (Å²) in [6.45, 7) is 0.696. The van der Waals surface area contributed by atoms with Crippen molar-refractivity contribution < 1.29 is 5.21 Å². The zero-order valence-electron chi connectivity index (χ0n) is 11.7. The summed E-state index contributed by atoms with van der Waals surface area (Å²) in [5.74, 6) is 0.0625. The lowest BCUT2D eigenvalue weighted by Gasteiger charge is -2.31. The number of nitrogens with zero attached hydrogens (tertiary/aromatic N) is 2. The summed E-state index contributed by atoms with van der Waals surface area (Å²) >= 11 is 1.94. The number of thioether (sulfide) groups is 1. The number of nitrogens with two attached hydrogens (primary N) is 1. The summed E-state index contributed by atoms with van der Waals surface area (Å²) in [6.07, 6.45) is 8.93. The third-order valence-corrected chi connectivity index (χ3v) is 4.97. The van der Waals surface area contributed by atoms with E-state index in [2.05, 4.69) is 21.7 Å². The number of hydrogen-bond donors (Lipinski definition) is 3. The molecule has 0 aromatic carbocycles. The Hall–Kier alpha value is -1.27. The summed E-state index contributed by atoms with van der Waals surface area (Å²) in [5.41, 5.74) is 7.18. The van der Waals surface area contributed by atoms with Gasteiger partial charge in [0.05, 0.1) is 0 Å². The molecule has 0 bridgehead atoms. The number of amidine groups is 1. The highest BCUT2D eigenvalue weighted by Gasteiger charge is 2.24. The zero-order valence-corrected chi connectivity index (χ0v) is 12.6. The predicted octanol–water partition coefficient (Wildman–Crippen LogP) is 1.94. The molecule has 0 radical (unpaired) electrons. The number of nitrogens with one attached hydrogen (secondary N) is 1. The number of oxime groups is 1. The van der Waals surface area contributed by atoms with Gasteiger partial charge in [0.15, 0.2) is 5.84 Å². The fourth-order valence-corrected chi connectivity index (χ4v) is 3.68. The second kappa shape index (κ2) is 7.50. The average molecular weight is 294 g/mol. The SMILES string of the molecule is CSC1CCCCC1NCc1cccnc1/C(N)=N/O. The Labute approximate surface area is 124 Å². The summed E-state index contributed by atoms with van der Waals surface area (Å²) in [5, 5.41) is 16.1. The quantitative estimate of drug-likeness (QED) is 0.334. The van der Waals surface area contributed by atoms with Gasteiger partial charge in [0.2, 0.25) is 0 Å². The first kappa shape index (κ1) is 15.1. The Balaban J connectivity index is 2.03. The molecule has 5 nitrogen and oxygen atoms in total. The molecule has 2 rings (SSSR count). The van der Waals surface area contributed by atoms with E-state index in [9.17, 15) is 0 Å². The molecule has 1 aliphatic carbocycles. The molecule has 4 N–H and O–H groups in total. The van der Waals surface area contributed by atoms with Crippen LogP contribution in [-0.2, 0) is 6.54 Å². The molecule has 0 spiro atoms. The molecule has 1 fully saturated rings. The second-order valence-corrected chi connectivity index (χ2v) is 6.12. The molecule has 0 aliphatic heterocycles. The van der Waals surface area contributed by atoms with Gasteiger partial charge in [-0.2, -0.15) is 11.8 Å². The van der Waals surface area contributed by atoms with Gasteiger partial charge in [0.1, 0.15) is 5.69 Å². The zero-order chi connectivity index (χ0) is 14.4. The number of aromatic nitrogens is 1. The van der Waals surface area contributed by atoms with E-state index in [1.807, 2.05) is 23.9 Å². The molecule has 1 aromatic heterocycles. The van der Waals surface area contributed by atoms with Crippen molar-refractivity contribution in [2.24, 2.45) is 10.9 Å². The van der Waals surface area contributed by atoms with E-state index >= 15 is 0 Å². The molecule has 0 amide bonds. The van der Waals surface area contributed by atoms with Crippen molar-refractivity contribution in [1.82, 2.24) is 10.3 Å². The fourth-order valence-electron chi connectivity index (χ4n) is 2.71. The molecule has 1 aliphatic rings. The van der Waals surface area contributed by atoms with E-state index in [1.165, 1.54) is 25.7 Å². The fraction of sp³-hybridized carbons (Fsp3) is 0.571. The van der Waals surface area contributed by atoms with Crippen LogP contribution in [0.1, 0.15) is 36.9 Å². The monoisotopic (exact) mass is 294 g/mol. The van der Waals surface area contributed by atoms with Crippen LogP contribution in [0.25, 0.3) is 0 Å². The summed E-state index contributed by atoms with van der Waals surface area (Å²) < 4.78 is 0. The highest BCUT2D eigenvalue weighted by Crippen LogP contribution is 2.27. The average Bonchev–Trinajstić information content (AvgIpc) is 2.52. The number of hydrogen-bond acceptors (Lipinski definition) is 5. The van der Waals surface area contributed by atoms with Gasteiger partial charge in [-0.25, -0.2) is 0 Å². The van der Waals surface area contributed by atoms with Crippen molar-refractivity contribution in [2.45, 2.75) is 43.5 Å². The molecule has 2 atom stereocenters. The smallest absolute Gasteiger partial charge is 0.189 e. The van der Waals surface area contributed by atoms with Crippen molar-refractivity contribution in [2.75, 3.05) is 6.26 Å². The first-order chi connectivity index (χ1) is 9.76. The van der Waals surface area contributed by atoms with Crippen molar-refractivity contribution >= 4 is 17.6 Å². The summed E-state index contributed by atoms with van der Waals surface area (Å²) in [4.78, 5) is 4.19. The normalized spacial score (nSPS) is 23.8. The van der Waals surface area contributed by atoms with E-state index in [1.54, 1.807) is 6.20 Å². The van der Waals surface area contributed by atoms with Gasteiger partial charge in [0, 0.05) is 24.0 Å². The Bertz CT molecular complexity index is 466. The van der Waals surface area contributed by atoms with Crippen LogP contribution in [0.2, 0.25) is 0 Å². The van der Waals surface area contributed by atoms with Crippen LogP contribution >= 0.6 is 11.8 Å². The van der Waals surface area contributed by atoms with E-state index in [0.29, 0.717) is 23.5 Å². The van der Waals surface area contributed by atoms with Gasteiger partial charge < -0.3 is 16.3 Å². The van der Waals surface area contributed by atoms with Gasteiger partial charge in [-0.05, 0) is 30.7 Å². The van der Waals surface area contributed by atoms with E-state index < -0.39 is 0 Å². The predicted molar refractivity (Wildman–Crippen MR) is 83.1 cm³/mol. The molecule has 6 heteroatoms. The third kappa shape index (κ3) is 3.64. The summed E-state index contributed by atoms with van der Waals surface area (Å²) in [7, 11) is 0. The molecule has 0 saturated heterocycles. The van der Waals surface area contributed by atoms with Crippen molar-refractivity contribution in [3.63, 3.8) is 0 Å². The lowest BCUT2D eigenvalue weighted by atomic mass is 9.94. The number of rotatable bonds is 5. The van der Waals surface area contributed by atoms with Crippen LogP contribution in [0.15, 0.2) is 23.5 Å². The highest BCUT2D eigenvalue weighted by molar-refractivity contribution is 7.99. The Morgan fingerprint density at radius 1 is 1.55 bits per heavy atom. The molecule has 20 heavy (non-hydrogen) atoms. The van der Waals surface area contributed by atoms with E-state index in [0.717, 1.165) is 5.56 Å². The highest BCUT2D eigenvalue weighted by atomic mass is 32.2. The molecular formula is C14H22N4OS. The topological polar surface area (TPSA) is 83.5 Å².